The number of ether oxygens (including phenoxy) is 1. The van der Waals surface area contributed by atoms with Gasteiger partial charge in [0.25, 0.3) is 0 Å². The van der Waals surface area contributed by atoms with Crippen LogP contribution in [-0.2, 0) is 17.7 Å². The van der Waals surface area contributed by atoms with E-state index in [-0.39, 0.29) is 5.78 Å². The van der Waals surface area contributed by atoms with Gasteiger partial charge in [-0.25, -0.2) is 0 Å². The monoisotopic (exact) mass is 243 g/mol. The van der Waals surface area contributed by atoms with Crippen molar-refractivity contribution in [1.29, 1.82) is 0 Å². The summed E-state index contributed by atoms with van der Waals surface area (Å²) in [6.45, 7) is 2.55. The number of benzene rings is 1. The second-order valence-corrected chi connectivity index (χ2v) is 4.82. The van der Waals surface area contributed by atoms with Gasteiger partial charge in [-0.1, -0.05) is 18.2 Å². The van der Waals surface area contributed by atoms with Gasteiger partial charge in [0.1, 0.15) is 0 Å². The van der Waals surface area contributed by atoms with Crippen molar-refractivity contribution in [2.45, 2.75) is 25.8 Å². The van der Waals surface area contributed by atoms with Gasteiger partial charge in [-0.2, -0.15) is 0 Å². The predicted octanol–water partition coefficient (Wildman–Crippen LogP) is 2.21. The molecule has 0 spiro atoms. The third kappa shape index (κ3) is 2.06. The molecule has 1 aromatic carbocycles. The molecule has 1 N–H and O–H groups in total. The summed E-state index contributed by atoms with van der Waals surface area (Å²) in [4.78, 5) is 12.5. The topological polar surface area (TPSA) is 38.3 Å². The van der Waals surface area contributed by atoms with Gasteiger partial charge < -0.3 is 10.1 Å². The number of allylic oxidation sites excluding steroid dienone is 1. The molecule has 0 unspecified atom stereocenters. The van der Waals surface area contributed by atoms with Crippen LogP contribution in [0, 0.1) is 0 Å². The van der Waals surface area contributed by atoms with E-state index in [9.17, 15) is 4.79 Å². The minimum Gasteiger partial charge on any atom is -0.501 e. The molecule has 3 heteroatoms. The summed E-state index contributed by atoms with van der Waals surface area (Å²) < 4.78 is 5.27. The third-order valence-electron chi connectivity index (χ3n) is 3.61. The Morgan fingerprint density at radius 3 is 3.06 bits per heavy atom. The fourth-order valence-corrected chi connectivity index (χ4v) is 2.65. The van der Waals surface area contributed by atoms with Gasteiger partial charge in [0, 0.05) is 17.7 Å². The van der Waals surface area contributed by atoms with Crippen molar-refractivity contribution in [3.05, 3.63) is 46.7 Å². The zero-order chi connectivity index (χ0) is 12.4. The number of hydrogen-bond donors (Lipinski definition) is 1. The van der Waals surface area contributed by atoms with Crippen LogP contribution >= 0.6 is 0 Å². The Bertz CT molecular complexity index is 505. The van der Waals surface area contributed by atoms with Gasteiger partial charge in [-0.05, 0) is 36.9 Å². The summed E-state index contributed by atoms with van der Waals surface area (Å²) in [5.74, 6) is 0.147. The average molecular weight is 243 g/mol. The predicted molar refractivity (Wildman–Crippen MR) is 69.5 cm³/mol. The molecule has 94 valence electrons. The molecule has 2 heterocycles. The van der Waals surface area contributed by atoms with Crippen LogP contribution in [0.5, 0.6) is 0 Å². The Labute approximate surface area is 107 Å². The highest BCUT2D eigenvalue weighted by Gasteiger charge is 2.21. The minimum atomic E-state index is 0.147. The second-order valence-electron chi connectivity index (χ2n) is 4.82. The Balaban J connectivity index is 1.96. The summed E-state index contributed by atoms with van der Waals surface area (Å²) in [5, 5.41) is 3.34. The van der Waals surface area contributed by atoms with Gasteiger partial charge in [-0.3, -0.25) is 4.79 Å². The normalized spacial score (nSPS) is 18.6. The molecule has 18 heavy (non-hydrogen) atoms. The van der Waals surface area contributed by atoms with E-state index in [1.807, 2.05) is 12.1 Å². The lowest BCUT2D eigenvalue weighted by molar-refractivity contribution is 0.101. The molecule has 0 fully saturated rings. The molecule has 1 aromatic rings. The SMILES string of the molecule is O=C(C1=COCCC1)c1cccc2c1CCNC2. The largest absolute Gasteiger partial charge is 0.501 e. The van der Waals surface area contributed by atoms with Crippen molar-refractivity contribution >= 4 is 5.78 Å². The maximum atomic E-state index is 12.5. The molecule has 0 radical (unpaired) electrons. The van der Waals surface area contributed by atoms with Crippen LogP contribution in [0.25, 0.3) is 0 Å². The van der Waals surface area contributed by atoms with Crippen LogP contribution in [0.2, 0.25) is 0 Å². The fraction of sp³-hybridized carbons (Fsp3) is 0.400. The number of rotatable bonds is 2. The van der Waals surface area contributed by atoms with Crippen LogP contribution in [0.1, 0.15) is 34.3 Å². The molecule has 0 aromatic heterocycles. The lowest BCUT2D eigenvalue weighted by Crippen LogP contribution is -2.25. The Morgan fingerprint density at radius 2 is 2.22 bits per heavy atom. The fourth-order valence-electron chi connectivity index (χ4n) is 2.65. The molecule has 0 saturated carbocycles. The number of carbonyl (C=O) groups is 1. The average Bonchev–Trinajstić information content (AvgIpc) is 2.47. The van der Waals surface area contributed by atoms with Crippen LogP contribution in [0.15, 0.2) is 30.0 Å². The first-order chi connectivity index (χ1) is 8.86. The maximum Gasteiger partial charge on any atom is 0.192 e. The summed E-state index contributed by atoms with van der Waals surface area (Å²) in [5.41, 5.74) is 4.15. The van der Waals surface area contributed by atoms with E-state index < -0.39 is 0 Å². The van der Waals surface area contributed by atoms with Crippen LogP contribution in [0.4, 0.5) is 0 Å². The number of carbonyl (C=O) groups excluding carboxylic acids is 1. The van der Waals surface area contributed by atoms with Gasteiger partial charge in [-0.15, -0.1) is 0 Å². The lowest BCUT2D eigenvalue weighted by atomic mass is 9.90. The Hall–Kier alpha value is -1.61. The van der Waals surface area contributed by atoms with Crippen molar-refractivity contribution in [3.8, 4) is 0 Å². The minimum absolute atomic E-state index is 0.147. The van der Waals surface area contributed by atoms with Crippen LogP contribution in [-0.4, -0.2) is 18.9 Å². The Kier molecular flexibility index (Phi) is 3.15. The third-order valence-corrected chi connectivity index (χ3v) is 3.61. The molecule has 3 rings (SSSR count). The molecule has 0 atom stereocenters. The second kappa shape index (κ2) is 4.94. The van der Waals surface area contributed by atoms with Gasteiger partial charge in [0.2, 0.25) is 0 Å². The van der Waals surface area contributed by atoms with Crippen LogP contribution < -0.4 is 5.32 Å². The number of fused-ring (bicyclic) bond motifs is 1. The standard InChI is InChI=1S/C15H17NO2/c17-15(12-4-2-8-18-10-12)14-5-1-3-11-9-16-7-6-13(11)14/h1,3,5,10,16H,2,4,6-9H2. The van der Waals surface area contributed by atoms with E-state index >= 15 is 0 Å². The smallest absolute Gasteiger partial charge is 0.192 e. The van der Waals surface area contributed by atoms with Crippen molar-refractivity contribution in [2.75, 3.05) is 13.2 Å². The number of Topliss-reactive ketones (excluding diaryl/α,β-unsaturated/α-hetero) is 1. The van der Waals surface area contributed by atoms with Crippen molar-refractivity contribution in [2.24, 2.45) is 0 Å². The molecule has 0 bridgehead atoms. The van der Waals surface area contributed by atoms with Crippen molar-refractivity contribution < 1.29 is 9.53 Å². The molecule has 0 aliphatic carbocycles. The number of ketones is 1. The van der Waals surface area contributed by atoms with E-state index in [4.69, 9.17) is 4.74 Å². The first kappa shape index (κ1) is 11.5. The molecule has 2 aliphatic heterocycles. The van der Waals surface area contributed by atoms with Crippen LogP contribution in [0.3, 0.4) is 0 Å². The van der Waals surface area contributed by atoms with Gasteiger partial charge in [0.05, 0.1) is 12.9 Å². The molecule has 0 saturated heterocycles. The highest BCUT2D eigenvalue weighted by molar-refractivity contribution is 6.09. The highest BCUT2D eigenvalue weighted by atomic mass is 16.5. The molecule has 2 aliphatic rings. The van der Waals surface area contributed by atoms with E-state index in [1.54, 1.807) is 6.26 Å². The molecule has 3 nitrogen and oxygen atoms in total. The van der Waals surface area contributed by atoms with E-state index in [2.05, 4.69) is 11.4 Å². The van der Waals surface area contributed by atoms with Gasteiger partial charge >= 0.3 is 0 Å². The molecular formula is C15H17NO2. The molecular weight excluding hydrogens is 226 g/mol. The van der Waals surface area contributed by atoms with Crippen molar-refractivity contribution in [1.82, 2.24) is 5.32 Å². The highest BCUT2D eigenvalue weighted by Crippen LogP contribution is 2.24. The summed E-state index contributed by atoms with van der Waals surface area (Å²) >= 11 is 0. The zero-order valence-electron chi connectivity index (χ0n) is 10.4. The van der Waals surface area contributed by atoms with Gasteiger partial charge in [0.15, 0.2) is 5.78 Å². The lowest BCUT2D eigenvalue weighted by Gasteiger charge is -2.21. The molecule has 0 amide bonds. The zero-order valence-corrected chi connectivity index (χ0v) is 10.4. The quantitative estimate of drug-likeness (QED) is 0.809. The Morgan fingerprint density at radius 1 is 1.28 bits per heavy atom. The van der Waals surface area contributed by atoms with E-state index in [0.29, 0.717) is 0 Å². The summed E-state index contributed by atoms with van der Waals surface area (Å²) in [6, 6.07) is 6.02. The van der Waals surface area contributed by atoms with Crippen molar-refractivity contribution in [3.63, 3.8) is 0 Å². The number of nitrogens with one attached hydrogen (secondary N) is 1. The first-order valence-electron chi connectivity index (χ1n) is 6.53. The number of hydrogen-bond acceptors (Lipinski definition) is 3. The summed E-state index contributed by atoms with van der Waals surface area (Å²) in [6.07, 6.45) is 4.35. The maximum absolute atomic E-state index is 12.5. The van der Waals surface area contributed by atoms with E-state index in [0.717, 1.165) is 50.1 Å². The summed E-state index contributed by atoms with van der Waals surface area (Å²) in [7, 11) is 0. The first-order valence-corrected chi connectivity index (χ1v) is 6.53. The van der Waals surface area contributed by atoms with E-state index in [1.165, 1.54) is 11.1 Å².